The molecule has 0 aromatic heterocycles. The lowest BCUT2D eigenvalue weighted by molar-refractivity contribution is 0.0602. The van der Waals surface area contributed by atoms with Gasteiger partial charge in [-0.2, -0.15) is 0 Å². The minimum atomic E-state index is -0.325. The molecule has 4 rings (SSSR count). The van der Waals surface area contributed by atoms with Gasteiger partial charge in [-0.05, 0) is 61.1 Å². The van der Waals surface area contributed by atoms with Crippen molar-refractivity contribution in [1.29, 1.82) is 0 Å². The van der Waals surface area contributed by atoms with Gasteiger partial charge < -0.3 is 15.8 Å². The monoisotopic (exact) mass is 272 g/mol. The van der Waals surface area contributed by atoms with Crippen molar-refractivity contribution < 1.29 is 9.53 Å². The van der Waals surface area contributed by atoms with Crippen LogP contribution in [0, 0.1) is 23.7 Å². The molecule has 106 valence electrons. The summed E-state index contributed by atoms with van der Waals surface area (Å²) in [5, 5.41) is 3.57. The molecule has 0 heterocycles. The van der Waals surface area contributed by atoms with E-state index in [-0.39, 0.29) is 5.97 Å². The van der Waals surface area contributed by atoms with Gasteiger partial charge in [-0.3, -0.25) is 0 Å². The van der Waals surface area contributed by atoms with Crippen LogP contribution in [-0.4, -0.2) is 19.1 Å². The molecule has 4 heteroatoms. The van der Waals surface area contributed by atoms with E-state index in [1.54, 1.807) is 6.07 Å². The molecule has 3 fully saturated rings. The quantitative estimate of drug-likeness (QED) is 0.655. The van der Waals surface area contributed by atoms with Gasteiger partial charge in [0.1, 0.15) is 0 Å². The first kappa shape index (κ1) is 12.1. The van der Waals surface area contributed by atoms with Crippen molar-refractivity contribution >= 4 is 17.3 Å². The van der Waals surface area contributed by atoms with E-state index in [2.05, 4.69) is 5.32 Å². The zero-order valence-corrected chi connectivity index (χ0v) is 11.6. The Labute approximate surface area is 118 Å². The van der Waals surface area contributed by atoms with Gasteiger partial charge in [0.25, 0.3) is 0 Å². The molecule has 4 nitrogen and oxygen atoms in total. The van der Waals surface area contributed by atoms with E-state index >= 15 is 0 Å². The van der Waals surface area contributed by atoms with Crippen molar-refractivity contribution in [2.75, 3.05) is 18.2 Å². The number of hydrogen-bond acceptors (Lipinski definition) is 4. The summed E-state index contributed by atoms with van der Waals surface area (Å²) in [5.41, 5.74) is 7.78. The van der Waals surface area contributed by atoms with E-state index in [0.717, 1.165) is 29.4 Å². The number of fused-ring (bicyclic) bond motifs is 5. The fourth-order valence-electron chi connectivity index (χ4n) is 4.66. The molecule has 3 aliphatic carbocycles. The lowest BCUT2D eigenvalue weighted by atomic mass is 10.0. The summed E-state index contributed by atoms with van der Waals surface area (Å²) in [4.78, 5) is 11.9. The Morgan fingerprint density at radius 3 is 2.65 bits per heavy atom. The summed E-state index contributed by atoms with van der Waals surface area (Å²) in [6.07, 6.45) is 4.23. The number of nitrogens with two attached hydrogens (primary N) is 1. The van der Waals surface area contributed by atoms with Gasteiger partial charge in [0.15, 0.2) is 0 Å². The predicted octanol–water partition coefficient (Wildman–Crippen LogP) is 2.51. The normalized spacial score (nSPS) is 36.5. The molecule has 0 amide bonds. The molecule has 1 aromatic carbocycles. The number of ether oxygens (including phenoxy) is 1. The van der Waals surface area contributed by atoms with Crippen molar-refractivity contribution in [1.82, 2.24) is 0 Å². The van der Waals surface area contributed by atoms with Gasteiger partial charge in [0.05, 0.1) is 12.7 Å². The van der Waals surface area contributed by atoms with Crippen molar-refractivity contribution in [3.05, 3.63) is 23.8 Å². The Bertz CT molecular complexity index is 556. The largest absolute Gasteiger partial charge is 0.465 e. The number of nitrogen functional groups attached to an aromatic ring is 1. The van der Waals surface area contributed by atoms with Crippen LogP contribution < -0.4 is 11.1 Å². The summed E-state index contributed by atoms with van der Waals surface area (Å²) in [6.45, 7) is 0. The smallest absolute Gasteiger partial charge is 0.340 e. The van der Waals surface area contributed by atoms with Crippen molar-refractivity contribution in [3.63, 3.8) is 0 Å². The molecule has 4 unspecified atom stereocenters. The second kappa shape index (κ2) is 4.14. The Balaban J connectivity index is 1.56. The topological polar surface area (TPSA) is 64.3 Å². The highest BCUT2D eigenvalue weighted by molar-refractivity contribution is 5.96. The zero-order chi connectivity index (χ0) is 13.9. The summed E-state index contributed by atoms with van der Waals surface area (Å²) < 4.78 is 4.85. The SMILES string of the molecule is COC(=O)c1cc(N)ccc1NC1C2C3CCC(C3)C12. The van der Waals surface area contributed by atoms with Crippen LogP contribution in [0.25, 0.3) is 0 Å². The van der Waals surface area contributed by atoms with E-state index in [0.29, 0.717) is 17.3 Å². The maximum Gasteiger partial charge on any atom is 0.340 e. The third kappa shape index (κ3) is 1.63. The van der Waals surface area contributed by atoms with Crippen LogP contribution in [0.15, 0.2) is 18.2 Å². The number of benzene rings is 1. The first-order valence-electron chi connectivity index (χ1n) is 7.43. The Hall–Kier alpha value is -1.71. The second-order valence-electron chi connectivity index (χ2n) is 6.45. The lowest BCUT2D eigenvalue weighted by Crippen LogP contribution is -2.16. The Morgan fingerprint density at radius 1 is 1.30 bits per heavy atom. The first-order chi connectivity index (χ1) is 9.69. The Morgan fingerprint density at radius 2 is 2.00 bits per heavy atom. The fraction of sp³-hybridized carbons (Fsp3) is 0.562. The lowest BCUT2D eigenvalue weighted by Gasteiger charge is -2.14. The number of hydrogen-bond donors (Lipinski definition) is 2. The van der Waals surface area contributed by atoms with E-state index in [4.69, 9.17) is 10.5 Å². The summed E-state index contributed by atoms with van der Waals surface area (Å²) >= 11 is 0. The summed E-state index contributed by atoms with van der Waals surface area (Å²) in [7, 11) is 1.40. The molecule has 0 radical (unpaired) electrons. The van der Waals surface area contributed by atoms with E-state index in [9.17, 15) is 4.79 Å². The van der Waals surface area contributed by atoms with E-state index < -0.39 is 0 Å². The molecule has 20 heavy (non-hydrogen) atoms. The molecule has 1 aromatic rings. The number of nitrogens with one attached hydrogen (secondary N) is 1. The predicted molar refractivity (Wildman–Crippen MR) is 77.4 cm³/mol. The van der Waals surface area contributed by atoms with Crippen LogP contribution in [-0.2, 0) is 4.74 Å². The number of rotatable bonds is 3. The molecule has 0 spiro atoms. The maximum absolute atomic E-state index is 11.9. The molecular weight excluding hydrogens is 252 g/mol. The van der Waals surface area contributed by atoms with Gasteiger partial charge in [0.2, 0.25) is 0 Å². The summed E-state index contributed by atoms with van der Waals surface area (Å²) in [5.74, 6) is 3.16. The van der Waals surface area contributed by atoms with Gasteiger partial charge in [0, 0.05) is 17.4 Å². The summed E-state index contributed by atoms with van der Waals surface area (Å²) in [6, 6.07) is 5.98. The second-order valence-corrected chi connectivity index (χ2v) is 6.45. The van der Waals surface area contributed by atoms with Gasteiger partial charge >= 0.3 is 5.97 Å². The first-order valence-corrected chi connectivity index (χ1v) is 7.43. The molecule has 0 aliphatic heterocycles. The van der Waals surface area contributed by atoms with Crippen molar-refractivity contribution in [3.8, 4) is 0 Å². The zero-order valence-electron chi connectivity index (χ0n) is 11.6. The number of anilines is 2. The van der Waals surface area contributed by atoms with Crippen LogP contribution in [0.3, 0.4) is 0 Å². The van der Waals surface area contributed by atoms with E-state index in [1.165, 1.54) is 26.4 Å². The molecule has 0 saturated heterocycles. The average molecular weight is 272 g/mol. The van der Waals surface area contributed by atoms with Crippen LogP contribution in [0.1, 0.15) is 29.6 Å². The van der Waals surface area contributed by atoms with E-state index in [1.807, 2.05) is 12.1 Å². The number of methoxy groups -OCH3 is 1. The highest BCUT2D eigenvalue weighted by atomic mass is 16.5. The van der Waals surface area contributed by atoms with Gasteiger partial charge in [-0.1, -0.05) is 0 Å². The molecule has 4 atom stereocenters. The maximum atomic E-state index is 11.9. The third-order valence-electron chi connectivity index (χ3n) is 5.51. The van der Waals surface area contributed by atoms with Gasteiger partial charge in [-0.25, -0.2) is 4.79 Å². The minimum absolute atomic E-state index is 0.325. The highest BCUT2D eigenvalue weighted by Crippen LogP contribution is 2.66. The van der Waals surface area contributed by atoms with Gasteiger partial charge in [-0.15, -0.1) is 0 Å². The number of esters is 1. The number of carbonyl (C=O) groups excluding carboxylic acids is 1. The van der Waals surface area contributed by atoms with Crippen molar-refractivity contribution in [2.24, 2.45) is 23.7 Å². The van der Waals surface area contributed by atoms with Crippen LogP contribution >= 0.6 is 0 Å². The average Bonchev–Trinajstić information content (AvgIpc) is 2.84. The molecule has 3 aliphatic rings. The fourth-order valence-corrected chi connectivity index (χ4v) is 4.66. The molecule has 2 bridgehead atoms. The Kier molecular flexibility index (Phi) is 2.50. The molecule has 3 saturated carbocycles. The third-order valence-corrected chi connectivity index (χ3v) is 5.51. The minimum Gasteiger partial charge on any atom is -0.465 e. The van der Waals surface area contributed by atoms with Crippen LogP contribution in [0.5, 0.6) is 0 Å². The highest BCUT2D eigenvalue weighted by Gasteiger charge is 2.65. The molecule has 3 N–H and O–H groups in total. The number of carbonyl (C=O) groups is 1. The van der Waals surface area contributed by atoms with Crippen LogP contribution in [0.2, 0.25) is 0 Å². The standard InChI is InChI=1S/C16H20N2O2/c1-20-16(19)11-7-10(17)4-5-12(11)18-15-13-8-2-3-9(6-8)14(13)15/h4-5,7-9,13-15,18H,2-3,6,17H2,1H3. The van der Waals surface area contributed by atoms with Crippen LogP contribution in [0.4, 0.5) is 11.4 Å². The molecular formula is C16H20N2O2. The van der Waals surface area contributed by atoms with Crippen molar-refractivity contribution in [2.45, 2.75) is 25.3 Å².